The summed E-state index contributed by atoms with van der Waals surface area (Å²) in [5.41, 5.74) is 4.98. The summed E-state index contributed by atoms with van der Waals surface area (Å²) < 4.78 is 20.2. The van der Waals surface area contributed by atoms with E-state index in [1.165, 1.54) is 11.8 Å². The van der Waals surface area contributed by atoms with E-state index in [1.54, 1.807) is 27.5 Å². The highest BCUT2D eigenvalue weighted by atomic mass is 32.2. The number of methoxy groups -OCH3 is 3. The number of hydrogen-bond acceptors (Lipinski definition) is 8. The first-order valence-corrected chi connectivity index (χ1v) is 11.9. The molecular formula is C25H26N6O4S. The Hall–Kier alpha value is -4.25. The highest BCUT2D eigenvalue weighted by molar-refractivity contribution is 7.99. The fourth-order valence-corrected chi connectivity index (χ4v) is 4.26. The predicted octanol–water partition coefficient (Wildman–Crippen LogP) is 3.54. The van der Waals surface area contributed by atoms with E-state index < -0.39 is 0 Å². The van der Waals surface area contributed by atoms with Gasteiger partial charge in [0.1, 0.15) is 0 Å². The van der Waals surface area contributed by atoms with Crippen LogP contribution in [0.1, 0.15) is 5.69 Å². The summed E-state index contributed by atoms with van der Waals surface area (Å²) in [6.45, 7) is 0. The maximum Gasteiger partial charge on any atom is 0.250 e. The van der Waals surface area contributed by atoms with Gasteiger partial charge >= 0.3 is 0 Å². The highest BCUT2D eigenvalue weighted by Crippen LogP contribution is 2.41. The molecule has 0 aliphatic rings. The molecule has 0 atom stereocenters. The molecule has 4 aromatic rings. The second kappa shape index (κ2) is 11.5. The van der Waals surface area contributed by atoms with Crippen molar-refractivity contribution in [1.29, 1.82) is 0 Å². The molecule has 10 nitrogen and oxygen atoms in total. The Morgan fingerprint density at radius 2 is 1.75 bits per heavy atom. The average molecular weight is 507 g/mol. The van der Waals surface area contributed by atoms with Crippen LogP contribution in [0.2, 0.25) is 0 Å². The number of hydrogen-bond donors (Lipinski definition) is 1. The van der Waals surface area contributed by atoms with Crippen LogP contribution < -0.4 is 19.6 Å². The number of ether oxygens (including phenoxy) is 3. The summed E-state index contributed by atoms with van der Waals surface area (Å²) in [7, 11) is 6.57. The zero-order valence-electron chi connectivity index (χ0n) is 20.3. The molecule has 4 rings (SSSR count). The van der Waals surface area contributed by atoms with Crippen LogP contribution in [-0.4, -0.2) is 58.5 Å². The maximum atomic E-state index is 12.4. The topological polar surface area (TPSA) is 105 Å². The zero-order valence-corrected chi connectivity index (χ0v) is 21.2. The lowest BCUT2D eigenvalue weighted by atomic mass is 10.1. The number of benzene rings is 2. The smallest absolute Gasteiger partial charge is 0.250 e. The van der Waals surface area contributed by atoms with Gasteiger partial charge < -0.3 is 18.8 Å². The molecule has 2 heterocycles. The number of nitrogens with zero attached hydrogens (tertiary/aromatic N) is 5. The number of thioether (sulfide) groups is 1. The van der Waals surface area contributed by atoms with Crippen molar-refractivity contribution in [3.63, 3.8) is 0 Å². The molecule has 0 saturated heterocycles. The first-order chi connectivity index (χ1) is 17.5. The zero-order chi connectivity index (χ0) is 25.5. The van der Waals surface area contributed by atoms with Gasteiger partial charge in [-0.2, -0.15) is 5.10 Å². The van der Waals surface area contributed by atoms with Crippen molar-refractivity contribution >= 4 is 23.9 Å². The Morgan fingerprint density at radius 3 is 2.36 bits per heavy atom. The Labute approximate surface area is 212 Å². The molecule has 2 aromatic heterocycles. The lowest BCUT2D eigenvalue weighted by Gasteiger charge is -2.15. The van der Waals surface area contributed by atoms with Crippen LogP contribution in [0, 0.1) is 0 Å². The van der Waals surface area contributed by atoms with Crippen LogP contribution in [-0.2, 0) is 11.8 Å². The fraction of sp³-hybridized carbons (Fsp3) is 0.200. The van der Waals surface area contributed by atoms with E-state index in [1.807, 2.05) is 77.0 Å². The number of nitrogens with one attached hydrogen (secondary N) is 1. The van der Waals surface area contributed by atoms with Gasteiger partial charge in [0.25, 0.3) is 5.91 Å². The molecule has 0 aliphatic heterocycles. The highest BCUT2D eigenvalue weighted by Gasteiger charge is 2.21. The molecule has 2 aromatic carbocycles. The molecular weight excluding hydrogens is 480 g/mol. The molecule has 0 aliphatic carbocycles. The molecule has 11 heteroatoms. The van der Waals surface area contributed by atoms with Gasteiger partial charge in [0, 0.05) is 24.5 Å². The van der Waals surface area contributed by atoms with E-state index in [2.05, 4.69) is 20.7 Å². The van der Waals surface area contributed by atoms with Crippen molar-refractivity contribution in [2.75, 3.05) is 27.1 Å². The van der Waals surface area contributed by atoms with Crippen molar-refractivity contribution in [2.24, 2.45) is 12.1 Å². The minimum absolute atomic E-state index is 0.102. The molecule has 36 heavy (non-hydrogen) atoms. The molecule has 1 amide bonds. The fourth-order valence-electron chi connectivity index (χ4n) is 3.51. The van der Waals surface area contributed by atoms with Crippen LogP contribution in [0.25, 0.3) is 17.1 Å². The summed E-state index contributed by atoms with van der Waals surface area (Å²) in [4.78, 5) is 12.4. The van der Waals surface area contributed by atoms with Crippen LogP contribution in [0.15, 0.2) is 71.1 Å². The number of carbonyl (C=O) groups excluding carboxylic acids is 1. The first kappa shape index (κ1) is 24.9. The number of para-hydroxylation sites is 1. The van der Waals surface area contributed by atoms with Gasteiger partial charge in [-0.1, -0.05) is 30.0 Å². The summed E-state index contributed by atoms with van der Waals surface area (Å²) in [6, 6.07) is 17.1. The Balaban J connectivity index is 1.61. The second-order valence-electron chi connectivity index (χ2n) is 7.52. The third-order valence-corrected chi connectivity index (χ3v) is 6.20. The normalized spacial score (nSPS) is 11.0. The number of carbonyl (C=O) groups is 1. The first-order valence-electron chi connectivity index (χ1n) is 10.9. The third kappa shape index (κ3) is 5.36. The van der Waals surface area contributed by atoms with Gasteiger partial charge in [0.2, 0.25) is 5.75 Å². The lowest BCUT2D eigenvalue weighted by molar-refractivity contribution is -0.118. The van der Waals surface area contributed by atoms with Crippen molar-refractivity contribution in [1.82, 2.24) is 24.8 Å². The van der Waals surface area contributed by atoms with Crippen molar-refractivity contribution in [3.8, 4) is 34.3 Å². The molecule has 0 saturated carbocycles. The van der Waals surface area contributed by atoms with E-state index in [0.29, 0.717) is 33.8 Å². The molecule has 186 valence electrons. The molecule has 0 bridgehead atoms. The summed E-state index contributed by atoms with van der Waals surface area (Å²) in [5.74, 6) is 1.88. The Bertz CT molecular complexity index is 1340. The quantitative estimate of drug-likeness (QED) is 0.199. The van der Waals surface area contributed by atoms with E-state index in [4.69, 9.17) is 14.2 Å². The van der Waals surface area contributed by atoms with Gasteiger partial charge in [0.05, 0.1) is 39.0 Å². The summed E-state index contributed by atoms with van der Waals surface area (Å²) in [5, 5.41) is 13.4. The van der Waals surface area contributed by atoms with Crippen LogP contribution >= 0.6 is 11.8 Å². The Morgan fingerprint density at radius 1 is 1.03 bits per heavy atom. The van der Waals surface area contributed by atoms with Gasteiger partial charge in [-0.05, 0) is 36.4 Å². The molecule has 0 spiro atoms. The minimum atomic E-state index is -0.262. The number of amides is 1. The second-order valence-corrected chi connectivity index (χ2v) is 8.46. The predicted molar refractivity (Wildman–Crippen MR) is 138 cm³/mol. The summed E-state index contributed by atoms with van der Waals surface area (Å²) >= 11 is 1.26. The number of aryl methyl sites for hydroxylation is 1. The molecule has 0 unspecified atom stereocenters. The van der Waals surface area contributed by atoms with Crippen LogP contribution in [0.4, 0.5) is 0 Å². The summed E-state index contributed by atoms with van der Waals surface area (Å²) in [6.07, 6.45) is 3.50. The molecule has 0 fully saturated rings. The minimum Gasteiger partial charge on any atom is -0.493 e. The van der Waals surface area contributed by atoms with Gasteiger partial charge in [0.15, 0.2) is 22.5 Å². The average Bonchev–Trinajstić information content (AvgIpc) is 3.53. The van der Waals surface area contributed by atoms with E-state index in [-0.39, 0.29) is 11.7 Å². The van der Waals surface area contributed by atoms with Crippen molar-refractivity contribution in [2.45, 2.75) is 5.16 Å². The van der Waals surface area contributed by atoms with E-state index in [9.17, 15) is 4.79 Å². The van der Waals surface area contributed by atoms with Crippen molar-refractivity contribution in [3.05, 3.63) is 66.5 Å². The number of hydrazone groups is 1. The maximum absolute atomic E-state index is 12.4. The monoisotopic (exact) mass is 506 g/mol. The standard InChI is InChI=1S/C25H26N6O4S/c1-30-12-8-11-19(30)15-26-27-22(32)16-36-25-29-28-24(31(25)18-9-6-5-7-10-18)17-13-20(33-2)23(35-4)21(14-17)34-3/h5-15H,16H2,1-4H3,(H,27,32)/b26-15+. The number of aromatic nitrogens is 4. The van der Waals surface area contributed by atoms with Crippen molar-refractivity contribution < 1.29 is 19.0 Å². The number of rotatable bonds is 10. The van der Waals surface area contributed by atoms with Gasteiger partial charge in [-0.3, -0.25) is 9.36 Å². The van der Waals surface area contributed by atoms with Crippen LogP contribution in [0.5, 0.6) is 17.2 Å². The third-order valence-electron chi connectivity index (χ3n) is 5.27. The van der Waals surface area contributed by atoms with Crippen LogP contribution in [0.3, 0.4) is 0 Å². The SMILES string of the molecule is COc1cc(-c2nnc(SCC(=O)N/N=C/c3cccn3C)n2-c2ccccc2)cc(OC)c1OC. The lowest BCUT2D eigenvalue weighted by Crippen LogP contribution is -2.20. The van der Waals surface area contributed by atoms with Gasteiger partial charge in [-0.15, -0.1) is 10.2 Å². The van der Waals surface area contributed by atoms with Gasteiger partial charge in [-0.25, -0.2) is 5.43 Å². The molecule has 0 radical (unpaired) electrons. The largest absolute Gasteiger partial charge is 0.493 e. The van der Waals surface area contributed by atoms with E-state index >= 15 is 0 Å². The van der Waals surface area contributed by atoms with E-state index in [0.717, 1.165) is 11.4 Å². The Kier molecular flexibility index (Phi) is 7.91. The molecule has 1 N–H and O–H groups in total.